The quantitative estimate of drug-likeness (QED) is 0.828. The normalized spacial score (nSPS) is 20.5. The summed E-state index contributed by atoms with van der Waals surface area (Å²) >= 11 is 0. The molecule has 1 atom stereocenters. The number of hydrogen-bond donors (Lipinski definition) is 1. The van der Waals surface area contributed by atoms with Crippen LogP contribution in [0.25, 0.3) is 0 Å². The summed E-state index contributed by atoms with van der Waals surface area (Å²) in [6, 6.07) is 9.05. The van der Waals surface area contributed by atoms with Crippen molar-refractivity contribution in [2.24, 2.45) is 11.3 Å². The molecule has 2 nitrogen and oxygen atoms in total. The van der Waals surface area contributed by atoms with Crippen LogP contribution in [0.2, 0.25) is 0 Å². The Balaban J connectivity index is 2.10. The van der Waals surface area contributed by atoms with Crippen LogP contribution in [0.4, 0.5) is 0 Å². The lowest BCUT2D eigenvalue weighted by atomic mass is 9.70. The van der Waals surface area contributed by atoms with E-state index in [1.807, 2.05) is 0 Å². The second-order valence-electron chi connectivity index (χ2n) is 7.51. The van der Waals surface area contributed by atoms with Gasteiger partial charge < -0.3 is 10.1 Å². The van der Waals surface area contributed by atoms with Gasteiger partial charge in [-0.15, -0.1) is 0 Å². The maximum Gasteiger partial charge on any atom is 0.120 e. The smallest absolute Gasteiger partial charge is 0.120 e. The monoisotopic (exact) mass is 289 g/mol. The fraction of sp³-hybridized carbons (Fsp3) is 0.684. The van der Waals surface area contributed by atoms with Crippen LogP contribution in [0.1, 0.15) is 65.0 Å². The summed E-state index contributed by atoms with van der Waals surface area (Å²) in [5.74, 6) is 1.72. The summed E-state index contributed by atoms with van der Waals surface area (Å²) < 4.78 is 5.84. The Morgan fingerprint density at radius 2 is 1.86 bits per heavy atom. The molecular weight excluding hydrogens is 258 g/mol. The van der Waals surface area contributed by atoms with Gasteiger partial charge in [0.15, 0.2) is 0 Å². The summed E-state index contributed by atoms with van der Waals surface area (Å²) in [6.45, 7) is 8.94. The van der Waals surface area contributed by atoms with Crippen LogP contribution in [-0.2, 0) is 0 Å². The van der Waals surface area contributed by atoms with Crippen molar-refractivity contribution in [3.63, 3.8) is 0 Å². The van der Waals surface area contributed by atoms with E-state index in [-0.39, 0.29) is 6.10 Å². The Bertz CT molecular complexity index is 443. The summed E-state index contributed by atoms with van der Waals surface area (Å²) in [7, 11) is 2.08. The van der Waals surface area contributed by atoms with Gasteiger partial charge in [0, 0.05) is 6.04 Å². The third-order valence-electron chi connectivity index (χ3n) is 4.76. The van der Waals surface area contributed by atoms with Crippen molar-refractivity contribution < 1.29 is 4.74 Å². The van der Waals surface area contributed by atoms with E-state index in [4.69, 9.17) is 4.74 Å². The molecule has 0 aliphatic heterocycles. The third-order valence-corrected chi connectivity index (χ3v) is 4.76. The Kier molecular flexibility index (Phi) is 5.32. The molecule has 1 N–H and O–H groups in total. The minimum absolute atomic E-state index is 0.226. The van der Waals surface area contributed by atoms with Gasteiger partial charge in [-0.05, 0) is 75.6 Å². The molecule has 0 radical (unpaired) electrons. The van der Waals surface area contributed by atoms with Crippen LogP contribution in [0.15, 0.2) is 24.3 Å². The number of ether oxygens (including phenoxy) is 1. The van der Waals surface area contributed by atoms with E-state index < -0.39 is 0 Å². The van der Waals surface area contributed by atoms with E-state index in [2.05, 4.69) is 64.3 Å². The highest BCUT2D eigenvalue weighted by Crippen LogP contribution is 2.42. The molecule has 0 amide bonds. The lowest BCUT2D eigenvalue weighted by molar-refractivity contribution is 0.164. The second-order valence-corrected chi connectivity index (χ2v) is 7.51. The van der Waals surface area contributed by atoms with Gasteiger partial charge in [-0.1, -0.05) is 26.0 Å². The predicted octanol–water partition coefficient (Wildman–Crippen LogP) is 4.95. The standard InChI is InChI=1S/C19H31NO/c1-14(2)21-17-8-6-7-16(13-17)18(20-5)15-9-11-19(3,4)12-10-15/h6-8,13-15,18,20H,9-12H2,1-5H3. The zero-order valence-electron chi connectivity index (χ0n) is 14.3. The van der Waals surface area contributed by atoms with Crippen molar-refractivity contribution in [2.75, 3.05) is 7.05 Å². The van der Waals surface area contributed by atoms with E-state index in [0.29, 0.717) is 11.5 Å². The van der Waals surface area contributed by atoms with Gasteiger partial charge in [0.25, 0.3) is 0 Å². The third kappa shape index (κ3) is 4.47. The molecule has 1 aliphatic carbocycles. The van der Waals surface area contributed by atoms with Gasteiger partial charge >= 0.3 is 0 Å². The fourth-order valence-electron chi connectivity index (χ4n) is 3.48. The van der Waals surface area contributed by atoms with Crippen LogP contribution >= 0.6 is 0 Å². The summed E-state index contributed by atoms with van der Waals surface area (Å²) in [5.41, 5.74) is 1.89. The predicted molar refractivity (Wildman–Crippen MR) is 89.7 cm³/mol. The van der Waals surface area contributed by atoms with Crippen molar-refractivity contribution in [3.05, 3.63) is 29.8 Å². The second kappa shape index (κ2) is 6.83. The number of rotatable bonds is 5. The van der Waals surface area contributed by atoms with E-state index >= 15 is 0 Å². The number of hydrogen-bond acceptors (Lipinski definition) is 2. The number of benzene rings is 1. The van der Waals surface area contributed by atoms with E-state index in [9.17, 15) is 0 Å². The molecule has 118 valence electrons. The largest absolute Gasteiger partial charge is 0.491 e. The van der Waals surface area contributed by atoms with Crippen molar-refractivity contribution in [2.45, 2.75) is 65.5 Å². The molecule has 21 heavy (non-hydrogen) atoms. The first kappa shape index (κ1) is 16.4. The lowest BCUT2D eigenvalue weighted by Crippen LogP contribution is -2.31. The summed E-state index contributed by atoms with van der Waals surface area (Å²) in [6.07, 6.45) is 5.52. The molecule has 1 unspecified atom stereocenters. The highest BCUT2D eigenvalue weighted by Gasteiger charge is 2.31. The zero-order chi connectivity index (χ0) is 15.5. The maximum atomic E-state index is 5.84. The van der Waals surface area contributed by atoms with E-state index in [1.165, 1.54) is 31.2 Å². The first-order valence-corrected chi connectivity index (χ1v) is 8.35. The van der Waals surface area contributed by atoms with Crippen LogP contribution in [0.5, 0.6) is 5.75 Å². The topological polar surface area (TPSA) is 21.3 Å². The molecule has 0 heterocycles. The molecule has 1 aromatic carbocycles. The molecule has 1 saturated carbocycles. The van der Waals surface area contributed by atoms with Crippen molar-refractivity contribution >= 4 is 0 Å². The van der Waals surface area contributed by atoms with Crippen molar-refractivity contribution in [3.8, 4) is 5.75 Å². The molecule has 0 spiro atoms. The van der Waals surface area contributed by atoms with E-state index in [0.717, 1.165) is 11.7 Å². The molecular formula is C19H31NO. The zero-order valence-corrected chi connectivity index (χ0v) is 14.3. The molecule has 0 saturated heterocycles. The Labute approximate surface area is 130 Å². The van der Waals surface area contributed by atoms with Crippen molar-refractivity contribution in [1.82, 2.24) is 5.32 Å². The van der Waals surface area contributed by atoms with Crippen LogP contribution < -0.4 is 10.1 Å². The van der Waals surface area contributed by atoms with Gasteiger partial charge in [0.2, 0.25) is 0 Å². The maximum absolute atomic E-state index is 5.84. The minimum atomic E-state index is 0.226. The lowest BCUT2D eigenvalue weighted by Gasteiger charge is -2.38. The molecule has 1 aliphatic rings. The molecule has 2 heteroatoms. The minimum Gasteiger partial charge on any atom is -0.491 e. The highest BCUT2D eigenvalue weighted by molar-refractivity contribution is 5.31. The van der Waals surface area contributed by atoms with Gasteiger partial charge in [-0.25, -0.2) is 0 Å². The fourth-order valence-corrected chi connectivity index (χ4v) is 3.48. The first-order chi connectivity index (χ1) is 9.91. The number of nitrogens with one attached hydrogen (secondary N) is 1. The molecule has 1 fully saturated rings. The Morgan fingerprint density at radius 3 is 2.43 bits per heavy atom. The van der Waals surface area contributed by atoms with Crippen molar-refractivity contribution in [1.29, 1.82) is 0 Å². The molecule has 2 rings (SSSR count). The van der Waals surface area contributed by atoms with Crippen LogP contribution in [-0.4, -0.2) is 13.2 Å². The van der Waals surface area contributed by atoms with Crippen LogP contribution in [0.3, 0.4) is 0 Å². The first-order valence-electron chi connectivity index (χ1n) is 8.35. The van der Waals surface area contributed by atoms with Gasteiger partial charge in [0.05, 0.1) is 6.10 Å². The average molecular weight is 289 g/mol. The van der Waals surface area contributed by atoms with Crippen LogP contribution in [0, 0.1) is 11.3 Å². The molecule has 0 aromatic heterocycles. The molecule has 0 bridgehead atoms. The van der Waals surface area contributed by atoms with Gasteiger partial charge in [-0.2, -0.15) is 0 Å². The Hall–Kier alpha value is -1.02. The Morgan fingerprint density at radius 1 is 1.19 bits per heavy atom. The average Bonchev–Trinajstić information content (AvgIpc) is 2.41. The molecule has 1 aromatic rings. The van der Waals surface area contributed by atoms with E-state index in [1.54, 1.807) is 0 Å². The van der Waals surface area contributed by atoms with Gasteiger partial charge in [0.1, 0.15) is 5.75 Å². The SMILES string of the molecule is CNC(c1cccc(OC(C)C)c1)C1CCC(C)(C)CC1. The van der Waals surface area contributed by atoms with Gasteiger partial charge in [-0.3, -0.25) is 0 Å². The highest BCUT2D eigenvalue weighted by atomic mass is 16.5. The summed E-state index contributed by atoms with van der Waals surface area (Å²) in [5, 5.41) is 3.54. The summed E-state index contributed by atoms with van der Waals surface area (Å²) in [4.78, 5) is 0.